The summed E-state index contributed by atoms with van der Waals surface area (Å²) in [5.41, 5.74) is -1.01. The topological polar surface area (TPSA) is 714 Å². The molecule has 768 valence electrons. The molecule has 1 amide bonds. The van der Waals surface area contributed by atoms with Crippen molar-refractivity contribution in [2.45, 2.75) is 248 Å². The van der Waals surface area contributed by atoms with Crippen LogP contribution in [0.2, 0.25) is 0 Å². The number of amides is 1. The van der Waals surface area contributed by atoms with Crippen molar-refractivity contribution in [3.05, 3.63) is 18.3 Å². The van der Waals surface area contributed by atoms with Gasteiger partial charge in [-0.05, 0) is 45.4 Å². The Hall–Kier alpha value is -2.00. The first-order valence-electron chi connectivity index (χ1n) is 43.6. The van der Waals surface area contributed by atoms with Crippen molar-refractivity contribution in [1.29, 1.82) is 0 Å². The van der Waals surface area contributed by atoms with Gasteiger partial charge < -0.3 is 93.9 Å². The monoisotopic (exact) mass is 2020 g/mol. The zero-order valence-corrected chi connectivity index (χ0v) is 80.1. The Kier molecular flexibility index (Phi) is 54.2. The molecule has 6 heterocycles. The maximum atomic E-state index is 13.4. The molecule has 131 heavy (non-hydrogen) atoms. The molecule has 0 aromatic carbocycles. The average molecular weight is 2020 g/mol. The molecule has 0 saturated carbocycles. The van der Waals surface area contributed by atoms with Gasteiger partial charge in [-0.25, -0.2) is 15.0 Å². The molecule has 6 rings (SSSR count). The fraction of sp³-hybridized carbons (Fsp3) is 0.919. The maximum absolute atomic E-state index is 13.4. The van der Waals surface area contributed by atoms with Crippen molar-refractivity contribution in [2.75, 3.05) is 166 Å². The van der Waals surface area contributed by atoms with Gasteiger partial charge in [0.1, 0.15) is 72.9 Å². The van der Waals surface area contributed by atoms with Crippen molar-refractivity contribution < 1.29 is 220 Å². The van der Waals surface area contributed by atoms with Gasteiger partial charge in [-0.15, -0.1) is 0 Å². The number of nitrogens with one attached hydrogen (secondary N) is 1. The Morgan fingerprint density at radius 3 is 1.35 bits per heavy atom. The first kappa shape index (κ1) is 118. The average Bonchev–Trinajstić information content (AvgIpc) is 1.63. The van der Waals surface area contributed by atoms with Crippen LogP contribution >= 0.6 is 47.1 Å². The SMILES string of the molecule is CC(=O)NC1[C@H](OCCCCCCOP(=O)(O)OCCCOCC(COCCCOP(=O)(O)OCCCCCCO[C@@H]2OC(CO)[C@H](O)[C@H](O)C2C)(COCCCOP(=O)(O)OCCCCCCO[C@@H]2OC(CO)[C@H](O)[C@H](O)C2C)CO[PH](O)(O)OCOCC(CO)COCOP(=O)(O)O[C@H]2C[C@H](n3cnc4c(C)ncnc43)O[C@@H]2COP(=O)(O)C(C)C)OC(CO)[C@H](O)[C@@H]1O. The van der Waals surface area contributed by atoms with Crippen LogP contribution in [0.1, 0.15) is 149 Å². The first-order chi connectivity index (χ1) is 62.1. The third-order valence-electron chi connectivity index (χ3n) is 21.2. The Morgan fingerprint density at radius 1 is 0.496 bits per heavy atom. The van der Waals surface area contributed by atoms with E-state index in [1.54, 1.807) is 20.8 Å². The van der Waals surface area contributed by atoms with Crippen molar-refractivity contribution >= 4 is 64.1 Å². The molecule has 0 bridgehead atoms. The van der Waals surface area contributed by atoms with Gasteiger partial charge in [0.25, 0.3) is 0 Å². The van der Waals surface area contributed by atoms with E-state index in [0.717, 1.165) is 0 Å². The molecule has 0 aliphatic carbocycles. The predicted molar refractivity (Wildman–Crippen MR) is 454 cm³/mol. The second-order valence-electron chi connectivity index (χ2n) is 32.4. The number of nitrogens with zero attached hydrogens (tertiary/aromatic N) is 4. The first-order valence-corrected chi connectivity index (χ1v) is 53.0. The third-order valence-corrected chi connectivity index (χ3v) is 28.0. The minimum atomic E-state index is -5.31. The van der Waals surface area contributed by atoms with Crippen LogP contribution in [-0.4, -0.2) is 374 Å². The van der Waals surface area contributed by atoms with E-state index >= 15 is 0 Å². The van der Waals surface area contributed by atoms with E-state index in [1.165, 1.54) is 38.0 Å². The molecule has 51 nitrogen and oxygen atoms in total. The smallest absolute Gasteiger partial charge is 0.394 e. The molecular formula is C74H141N5O46P6. The number of ether oxygens (including phenoxy) is 12. The summed E-state index contributed by atoms with van der Waals surface area (Å²) >= 11 is 0. The number of rotatable bonds is 73. The number of hydrogen-bond donors (Lipinski definition) is 18. The van der Waals surface area contributed by atoms with Gasteiger partial charge in [0.2, 0.25) is 5.91 Å². The summed E-state index contributed by atoms with van der Waals surface area (Å²) in [5.74, 6) is -2.58. The third kappa shape index (κ3) is 42.8. The van der Waals surface area contributed by atoms with Crippen LogP contribution in [-0.2, 0) is 134 Å². The zero-order valence-electron chi connectivity index (χ0n) is 74.7. The number of aliphatic hydroxyl groups is 10. The molecule has 4 aliphatic rings. The molecule has 4 aliphatic heterocycles. The zero-order chi connectivity index (χ0) is 96.4. The van der Waals surface area contributed by atoms with Crippen LogP contribution in [0.25, 0.3) is 11.2 Å². The number of aromatic nitrogens is 4. The van der Waals surface area contributed by atoms with Crippen molar-refractivity contribution in [3.63, 3.8) is 0 Å². The molecule has 24 atom stereocenters. The number of hydrogen-bond acceptors (Lipinski definition) is 44. The van der Waals surface area contributed by atoms with E-state index in [-0.39, 0.29) is 98.4 Å². The van der Waals surface area contributed by atoms with Crippen LogP contribution in [0.3, 0.4) is 0 Å². The molecule has 2 aromatic heterocycles. The quantitative estimate of drug-likeness (QED) is 0.0256. The second-order valence-corrected chi connectivity index (χ2v) is 42.3. The summed E-state index contributed by atoms with van der Waals surface area (Å²) in [6.45, 7) is 0.00687. The number of aryl methyl sites for hydroxylation is 1. The number of phosphoric ester groups is 4. The summed E-state index contributed by atoms with van der Waals surface area (Å²) in [6.07, 6.45) is -9.03. The fourth-order valence-electron chi connectivity index (χ4n) is 13.4. The number of fused-ring (bicyclic) bond motifs is 1. The molecular weight excluding hydrogens is 1880 g/mol. The fourth-order valence-corrected chi connectivity index (χ4v) is 18.1. The minimum Gasteiger partial charge on any atom is -0.394 e. The Morgan fingerprint density at radius 2 is 0.916 bits per heavy atom. The van der Waals surface area contributed by atoms with Gasteiger partial charge in [-0.1, -0.05) is 66.2 Å². The van der Waals surface area contributed by atoms with E-state index in [9.17, 15) is 113 Å². The molecule has 4 fully saturated rings. The molecule has 12 unspecified atom stereocenters. The van der Waals surface area contributed by atoms with Crippen LogP contribution in [0.5, 0.6) is 0 Å². The number of carbonyl (C=O) groups is 1. The number of phosphoric acid groups is 4. The van der Waals surface area contributed by atoms with Crippen LogP contribution in [0.4, 0.5) is 0 Å². The van der Waals surface area contributed by atoms with Crippen molar-refractivity contribution in [3.8, 4) is 0 Å². The molecule has 4 saturated heterocycles. The van der Waals surface area contributed by atoms with Crippen LogP contribution in [0.15, 0.2) is 12.7 Å². The number of imidazole rings is 1. The normalized spacial score (nSPS) is 28.3. The van der Waals surface area contributed by atoms with E-state index in [1.807, 2.05) is 0 Å². The summed E-state index contributed by atoms with van der Waals surface area (Å²) in [5, 5.41) is 103. The van der Waals surface area contributed by atoms with E-state index in [2.05, 4.69) is 20.3 Å². The Balaban J connectivity index is 1.03. The van der Waals surface area contributed by atoms with Crippen molar-refractivity contribution in [2.24, 2.45) is 23.2 Å². The Labute approximate surface area is 760 Å². The summed E-state index contributed by atoms with van der Waals surface area (Å²) < 4.78 is 194. The molecule has 0 radical (unpaired) electrons. The second kappa shape index (κ2) is 60.3. The van der Waals surface area contributed by atoms with E-state index in [0.29, 0.717) is 93.9 Å². The minimum absolute atomic E-state index is 0.0415. The van der Waals surface area contributed by atoms with Gasteiger partial charge >= 0.3 is 325 Å². The summed E-state index contributed by atoms with van der Waals surface area (Å²) in [6, 6.07) is -1.13. The molecule has 57 heteroatoms. The van der Waals surface area contributed by atoms with Crippen LogP contribution < -0.4 is 5.32 Å². The van der Waals surface area contributed by atoms with Gasteiger partial charge in [0, 0.05) is 45.0 Å². The van der Waals surface area contributed by atoms with Gasteiger partial charge in [0.15, 0.2) is 24.5 Å². The van der Waals surface area contributed by atoms with E-state index < -0.39 is 273 Å². The Bertz CT molecular complexity index is 3660. The predicted octanol–water partition coefficient (Wildman–Crippen LogP) is 1.95. The van der Waals surface area contributed by atoms with E-state index in [4.69, 9.17) is 107 Å². The molecule has 0 spiro atoms. The van der Waals surface area contributed by atoms with Crippen LogP contribution in [0, 0.1) is 30.1 Å². The van der Waals surface area contributed by atoms with Gasteiger partial charge in [-0.2, -0.15) is 0 Å². The number of unbranched alkanes of at least 4 members (excludes halogenated alkanes) is 9. The standard InChI is InChI=1S/C74H141N5O46P6/c1-50(2)126(91,92)117-41-60-56(34-61(121-60)79-47-77-62-53(5)75-46-76-70(62)79)125-131(101,102)120-49-107-40-55(35-80)39-106-48-119-130(99,100)118-45-74(42-103-22-19-31-114-127(93,94)111-28-16-10-7-13-25-108-71-51(3)64(85)66(87)57(36-81)122-71,43-104-23-20-32-115-128(95,96)112-29-17-11-8-14-26-109-72-52(4)65(86)67(88)58(37-82)123-72)44-105-24-21-33-116-129(97,98)113-30-18-12-9-15-27-110-73-63(78-54(6)84)69(90)68(89)59(38-83)124-73/h46-47,50-52,55-61,63-69,71-73,80-83,85-90,99-100,130H,7-45,48-49H2,1-6H3,(H,78,84)(H,91,92)(H,93,94)(H,95,96)(H,97,98)(H,101,102)/t51?,52?,55?,56-,57?,58?,59?,60+,61+,63?,64+,65+,66-,67-,68-,69+,71+,72+,73+,74?/m0/s1. The van der Waals surface area contributed by atoms with Crippen molar-refractivity contribution in [1.82, 2.24) is 24.8 Å². The summed E-state index contributed by atoms with van der Waals surface area (Å²) in [4.78, 5) is 100. The molecule has 2 aromatic rings. The summed E-state index contributed by atoms with van der Waals surface area (Å²) in [7, 11) is -28.4. The van der Waals surface area contributed by atoms with Gasteiger partial charge in [0.05, 0.1) is 56.3 Å². The van der Waals surface area contributed by atoms with Gasteiger partial charge in [-0.3, -0.25) is 13.9 Å². The molecule has 18 N–H and O–H groups in total. The number of carbonyl (C=O) groups excluding carboxylic acids is 1. The number of aliphatic hydroxyl groups excluding tert-OH is 10.